The topological polar surface area (TPSA) is 126 Å². The molecule has 0 aliphatic carbocycles. The molecular weight excluding hydrogens is 511 g/mol. The minimum atomic E-state index is -1.01. The first kappa shape index (κ1) is 28.2. The van der Waals surface area contributed by atoms with E-state index in [1.54, 1.807) is 36.8 Å². The van der Waals surface area contributed by atoms with Crippen LogP contribution < -0.4 is 10.1 Å². The van der Waals surface area contributed by atoms with Crippen molar-refractivity contribution in [2.75, 3.05) is 11.9 Å². The number of hydrogen-bond acceptors (Lipinski definition) is 8. The molecule has 0 radical (unpaired) electrons. The number of nitrogens with zero attached hydrogens (tertiary/aromatic N) is 7. The lowest BCUT2D eigenvalue weighted by Gasteiger charge is -2.19. The Morgan fingerprint density at radius 3 is 2.67 bits per heavy atom. The van der Waals surface area contributed by atoms with E-state index < -0.39 is 11.4 Å². The van der Waals surface area contributed by atoms with E-state index >= 15 is 0 Å². The first-order valence-electron chi connectivity index (χ1n) is 12.7. The van der Waals surface area contributed by atoms with Crippen molar-refractivity contribution in [2.45, 2.75) is 45.8 Å². The molecule has 11 heteroatoms. The summed E-state index contributed by atoms with van der Waals surface area (Å²) in [5.74, 6) is 1.12. The summed E-state index contributed by atoms with van der Waals surface area (Å²) < 4.78 is 22.1. The fourth-order valence-corrected chi connectivity index (χ4v) is 4.04. The van der Waals surface area contributed by atoms with Crippen LogP contribution in [-0.2, 0) is 0 Å². The number of anilines is 1. The van der Waals surface area contributed by atoms with Gasteiger partial charge >= 0.3 is 0 Å². The molecular formula is C29H31FN8O2. The Hall–Kier alpha value is -4.82. The minimum absolute atomic E-state index is 0.0275. The number of nitriles is 1. The van der Waals surface area contributed by atoms with Gasteiger partial charge in [-0.3, -0.25) is 0 Å². The van der Waals surface area contributed by atoms with Crippen molar-refractivity contribution in [3.8, 4) is 22.9 Å². The van der Waals surface area contributed by atoms with Crippen LogP contribution in [0, 0.1) is 17.1 Å². The summed E-state index contributed by atoms with van der Waals surface area (Å²) in [6.45, 7) is 11.0. The van der Waals surface area contributed by atoms with Crippen LogP contribution in [0.15, 0.2) is 71.9 Å². The second-order valence-corrected chi connectivity index (χ2v) is 9.89. The number of allylic oxidation sites excluding steroid dienone is 2. The summed E-state index contributed by atoms with van der Waals surface area (Å²) in [5.41, 5.74) is 2.58. The molecule has 40 heavy (non-hydrogen) atoms. The first-order valence-corrected chi connectivity index (χ1v) is 12.7. The Balaban J connectivity index is 1.58. The molecule has 0 saturated carbocycles. The smallest absolute Gasteiger partial charge is 0.161 e. The second-order valence-electron chi connectivity index (χ2n) is 9.89. The van der Waals surface area contributed by atoms with Crippen molar-refractivity contribution >= 4 is 23.9 Å². The minimum Gasteiger partial charge on any atom is -0.489 e. The highest BCUT2D eigenvalue weighted by molar-refractivity contribution is 5.85. The molecule has 10 nitrogen and oxygen atoms in total. The van der Waals surface area contributed by atoms with Crippen molar-refractivity contribution in [3.05, 3.63) is 78.3 Å². The fraction of sp³-hybridized carbons (Fsp3) is 0.276. The van der Waals surface area contributed by atoms with Gasteiger partial charge in [0.1, 0.15) is 24.2 Å². The highest BCUT2D eigenvalue weighted by atomic mass is 19.1. The molecule has 0 saturated heterocycles. The molecule has 0 aromatic carbocycles. The molecule has 0 bridgehead atoms. The number of nitrogens with one attached hydrogen (secondary N) is 1. The summed E-state index contributed by atoms with van der Waals surface area (Å²) in [6.07, 6.45) is 11.7. The van der Waals surface area contributed by atoms with Gasteiger partial charge in [-0.25, -0.2) is 23.6 Å². The molecule has 0 fully saturated rings. The largest absolute Gasteiger partial charge is 0.489 e. The average molecular weight is 543 g/mol. The zero-order chi connectivity index (χ0) is 28.9. The zero-order valence-corrected chi connectivity index (χ0v) is 22.8. The highest BCUT2D eigenvalue weighted by Gasteiger charge is 2.17. The van der Waals surface area contributed by atoms with E-state index in [1.807, 2.05) is 31.2 Å². The van der Waals surface area contributed by atoms with Gasteiger partial charge in [-0.05, 0) is 58.2 Å². The number of hydrogen-bond donors (Lipinski definition) is 2. The van der Waals surface area contributed by atoms with Gasteiger partial charge in [-0.1, -0.05) is 18.6 Å². The lowest BCUT2D eigenvalue weighted by molar-refractivity contribution is 0.0283. The number of aromatic nitrogens is 5. The van der Waals surface area contributed by atoms with Crippen LogP contribution in [0.5, 0.6) is 5.75 Å². The molecule has 2 N–H and O–H groups in total. The highest BCUT2D eigenvalue weighted by Crippen LogP contribution is 2.31. The van der Waals surface area contributed by atoms with Crippen LogP contribution in [0.2, 0.25) is 0 Å². The van der Waals surface area contributed by atoms with Crippen LogP contribution in [0.25, 0.3) is 22.5 Å². The summed E-state index contributed by atoms with van der Waals surface area (Å²) in [7, 11) is 0. The summed E-state index contributed by atoms with van der Waals surface area (Å²) in [6, 6.07) is 7.76. The molecule has 1 atom stereocenters. The maximum atomic E-state index is 13.3. The van der Waals surface area contributed by atoms with Crippen LogP contribution >= 0.6 is 0 Å². The Bertz CT molecular complexity index is 1600. The van der Waals surface area contributed by atoms with Gasteiger partial charge in [0.05, 0.1) is 41.5 Å². The third-order valence-electron chi connectivity index (χ3n) is 6.10. The summed E-state index contributed by atoms with van der Waals surface area (Å²) in [5, 5.41) is 31.4. The Labute approximate surface area is 231 Å². The number of pyridine rings is 2. The van der Waals surface area contributed by atoms with Crippen LogP contribution in [0.4, 0.5) is 10.2 Å². The molecule has 4 aromatic heterocycles. The number of ether oxygens (including phenoxy) is 1. The number of aliphatic imine (C=N–C) groups is 1. The molecule has 0 aliphatic rings. The predicted molar refractivity (Wildman–Crippen MR) is 152 cm³/mol. The van der Waals surface area contributed by atoms with Gasteiger partial charge in [-0.15, -0.1) is 0 Å². The third kappa shape index (κ3) is 6.59. The monoisotopic (exact) mass is 542 g/mol. The van der Waals surface area contributed by atoms with Crippen molar-refractivity contribution in [1.29, 1.82) is 5.26 Å². The molecule has 4 heterocycles. The van der Waals surface area contributed by atoms with Gasteiger partial charge in [0.15, 0.2) is 11.6 Å². The van der Waals surface area contributed by atoms with Gasteiger partial charge in [0.2, 0.25) is 0 Å². The molecule has 0 aliphatic heterocycles. The van der Waals surface area contributed by atoms with E-state index in [0.717, 1.165) is 29.3 Å². The molecule has 206 valence electrons. The Morgan fingerprint density at radius 2 is 2.08 bits per heavy atom. The fourth-order valence-electron chi connectivity index (χ4n) is 4.04. The third-order valence-corrected chi connectivity index (χ3v) is 6.10. The van der Waals surface area contributed by atoms with Crippen molar-refractivity contribution < 1.29 is 14.2 Å². The van der Waals surface area contributed by atoms with Gasteiger partial charge in [0.25, 0.3) is 0 Å². The Morgan fingerprint density at radius 1 is 1.27 bits per heavy atom. The average Bonchev–Trinajstić information content (AvgIpc) is 3.56. The SMILES string of the molecule is C=N/C(=C\C=C(/C)[C@H](CC)Nc1ccc(-c2cc(OCC(C)(C)O)cn3ncc(C#N)c23)cn1)n1cc(F)cn1. The maximum Gasteiger partial charge on any atom is 0.161 e. The van der Waals surface area contributed by atoms with Crippen molar-refractivity contribution in [3.63, 3.8) is 0 Å². The van der Waals surface area contributed by atoms with Crippen molar-refractivity contribution in [2.24, 2.45) is 4.99 Å². The quantitative estimate of drug-likeness (QED) is 0.200. The van der Waals surface area contributed by atoms with Gasteiger partial charge in [-0.2, -0.15) is 15.5 Å². The Kier molecular flexibility index (Phi) is 8.40. The number of aliphatic hydroxyl groups is 1. The van der Waals surface area contributed by atoms with Crippen LogP contribution in [0.1, 0.15) is 39.7 Å². The lowest BCUT2D eigenvalue weighted by Crippen LogP contribution is -2.27. The van der Waals surface area contributed by atoms with E-state index in [1.165, 1.54) is 17.1 Å². The van der Waals surface area contributed by atoms with Gasteiger partial charge in [0, 0.05) is 23.4 Å². The molecule has 0 spiro atoms. The van der Waals surface area contributed by atoms with E-state index in [0.29, 0.717) is 28.5 Å². The van der Waals surface area contributed by atoms with Crippen molar-refractivity contribution in [1.82, 2.24) is 24.4 Å². The second kappa shape index (κ2) is 11.9. The lowest BCUT2D eigenvalue weighted by atomic mass is 10.0. The molecule has 4 aromatic rings. The van der Waals surface area contributed by atoms with E-state index in [4.69, 9.17) is 4.74 Å². The molecule has 0 unspecified atom stereocenters. The number of rotatable bonds is 11. The van der Waals surface area contributed by atoms with E-state index in [2.05, 4.69) is 45.2 Å². The zero-order valence-electron chi connectivity index (χ0n) is 22.8. The molecule has 4 rings (SSSR count). The van der Waals surface area contributed by atoms with Crippen LogP contribution in [-0.4, -0.2) is 54.5 Å². The van der Waals surface area contributed by atoms with E-state index in [9.17, 15) is 14.8 Å². The van der Waals surface area contributed by atoms with Crippen LogP contribution in [0.3, 0.4) is 0 Å². The predicted octanol–water partition coefficient (Wildman–Crippen LogP) is 5.09. The summed E-state index contributed by atoms with van der Waals surface area (Å²) in [4.78, 5) is 8.55. The molecule has 0 amide bonds. The van der Waals surface area contributed by atoms with E-state index in [-0.39, 0.29) is 12.6 Å². The first-order chi connectivity index (χ1) is 19.1. The maximum absolute atomic E-state index is 13.3. The standard InChI is InChI=1S/C29H31FN8O2/c1-6-25(19(2)7-10-27(32-5)37-16-22(30)15-35-37)36-26-9-8-20(13-33-26)24-11-23(40-18-29(3,4)39)17-38-28(24)21(12-31)14-34-38/h7-11,13-17,25,39H,5-6,18H2,1-4H3,(H,33,36)/b19-7+,27-10+/t25-/m0/s1. The summed E-state index contributed by atoms with van der Waals surface area (Å²) >= 11 is 0. The normalized spacial score (nSPS) is 13.2. The number of fused-ring (bicyclic) bond motifs is 1. The van der Waals surface area contributed by atoms with Gasteiger partial charge < -0.3 is 15.2 Å². The number of halogens is 1.